The molecule has 1 aromatic carbocycles. The minimum Gasteiger partial charge on any atom is -0.484 e. The number of amides is 1. The van der Waals surface area contributed by atoms with E-state index in [9.17, 15) is 14.9 Å². The predicted molar refractivity (Wildman–Crippen MR) is 88.9 cm³/mol. The first-order chi connectivity index (χ1) is 11.6. The smallest absolute Gasteiger partial charge is 0.269 e. The van der Waals surface area contributed by atoms with E-state index in [0.717, 1.165) is 38.4 Å². The number of non-ortho nitro benzene ring substituents is 1. The molecular formula is C17H23N3O4. The number of hydrogen-bond acceptors (Lipinski definition) is 5. The van der Waals surface area contributed by atoms with Gasteiger partial charge < -0.3 is 15.0 Å². The number of hydrogen-bond donors (Lipinski definition) is 1. The maximum absolute atomic E-state index is 12.2. The third-order valence-corrected chi connectivity index (χ3v) is 4.65. The van der Waals surface area contributed by atoms with E-state index in [-0.39, 0.29) is 18.2 Å². The molecule has 7 nitrogen and oxygen atoms in total. The number of nitro benzene ring substituents is 1. The Bertz CT molecular complexity index is 578. The van der Waals surface area contributed by atoms with Crippen molar-refractivity contribution in [1.29, 1.82) is 0 Å². The number of rotatable bonds is 7. The maximum atomic E-state index is 12.2. The Morgan fingerprint density at radius 3 is 2.46 bits per heavy atom. The summed E-state index contributed by atoms with van der Waals surface area (Å²) < 4.78 is 5.44. The number of ether oxygens (including phenoxy) is 1. The van der Waals surface area contributed by atoms with E-state index in [0.29, 0.717) is 11.8 Å². The molecule has 24 heavy (non-hydrogen) atoms. The zero-order valence-corrected chi connectivity index (χ0v) is 13.6. The van der Waals surface area contributed by atoms with Crippen LogP contribution in [-0.2, 0) is 4.79 Å². The summed E-state index contributed by atoms with van der Waals surface area (Å²) in [6.07, 6.45) is 4.67. The Kier molecular flexibility index (Phi) is 5.30. The molecule has 1 saturated heterocycles. The molecular weight excluding hydrogens is 310 g/mol. The van der Waals surface area contributed by atoms with E-state index in [1.54, 1.807) is 0 Å². The van der Waals surface area contributed by atoms with Crippen molar-refractivity contribution in [1.82, 2.24) is 10.2 Å². The highest BCUT2D eigenvalue weighted by Gasteiger charge is 2.26. The maximum Gasteiger partial charge on any atom is 0.269 e. The van der Waals surface area contributed by atoms with E-state index < -0.39 is 4.92 Å². The van der Waals surface area contributed by atoms with Crippen molar-refractivity contribution in [2.45, 2.75) is 31.7 Å². The number of likely N-dealkylation sites (tertiary alicyclic amines) is 1. The zero-order valence-electron chi connectivity index (χ0n) is 13.6. The summed E-state index contributed by atoms with van der Waals surface area (Å²) in [7, 11) is 0. The number of nitrogens with one attached hydrogen (secondary N) is 1. The van der Waals surface area contributed by atoms with Gasteiger partial charge in [-0.15, -0.1) is 0 Å². The molecule has 1 saturated carbocycles. The highest BCUT2D eigenvalue weighted by atomic mass is 16.6. The number of carbonyl (C=O) groups is 1. The second kappa shape index (κ2) is 7.61. The minimum absolute atomic E-state index is 0.00875. The standard InChI is InChI=1S/C17H23N3O4/c21-17(12-24-16-5-3-15(4-6-16)20(22)23)19-9-7-14(8-10-19)18-11-13-1-2-13/h3-6,13-14,18H,1-2,7-12H2. The molecule has 1 aliphatic carbocycles. The van der Waals surface area contributed by atoms with E-state index in [1.165, 1.54) is 37.1 Å². The Morgan fingerprint density at radius 1 is 1.21 bits per heavy atom. The van der Waals surface area contributed by atoms with Crippen LogP contribution >= 0.6 is 0 Å². The predicted octanol–water partition coefficient (Wildman–Crippen LogP) is 1.96. The van der Waals surface area contributed by atoms with Crippen LogP contribution in [-0.4, -0.2) is 48.0 Å². The lowest BCUT2D eigenvalue weighted by atomic mass is 10.0. The first-order valence-electron chi connectivity index (χ1n) is 8.50. The first kappa shape index (κ1) is 16.7. The van der Waals surface area contributed by atoms with E-state index >= 15 is 0 Å². The molecule has 0 unspecified atom stereocenters. The summed E-state index contributed by atoms with van der Waals surface area (Å²) in [6.45, 7) is 2.59. The van der Waals surface area contributed by atoms with Crippen LogP contribution in [0.2, 0.25) is 0 Å². The molecule has 0 atom stereocenters. The van der Waals surface area contributed by atoms with Gasteiger partial charge in [-0.25, -0.2) is 0 Å². The lowest BCUT2D eigenvalue weighted by molar-refractivity contribution is -0.384. The molecule has 0 spiro atoms. The number of nitrogens with zero attached hydrogens (tertiary/aromatic N) is 2. The third-order valence-electron chi connectivity index (χ3n) is 4.65. The van der Waals surface area contributed by atoms with Crippen LogP contribution in [0.25, 0.3) is 0 Å². The molecule has 0 bridgehead atoms. The normalized spacial score (nSPS) is 18.4. The van der Waals surface area contributed by atoms with Crippen LogP contribution in [0.3, 0.4) is 0 Å². The first-order valence-corrected chi connectivity index (χ1v) is 8.50. The van der Waals surface area contributed by atoms with Gasteiger partial charge in [0.1, 0.15) is 5.75 Å². The quantitative estimate of drug-likeness (QED) is 0.609. The Morgan fingerprint density at radius 2 is 1.88 bits per heavy atom. The van der Waals surface area contributed by atoms with Gasteiger partial charge in [0.2, 0.25) is 0 Å². The lowest BCUT2D eigenvalue weighted by Crippen LogP contribution is -2.46. The molecule has 0 radical (unpaired) electrons. The van der Waals surface area contributed by atoms with Crippen molar-refractivity contribution in [3.63, 3.8) is 0 Å². The van der Waals surface area contributed by atoms with Gasteiger partial charge in [-0.1, -0.05) is 0 Å². The van der Waals surface area contributed by atoms with Crippen LogP contribution in [0.15, 0.2) is 24.3 Å². The molecule has 2 fully saturated rings. The van der Waals surface area contributed by atoms with Gasteiger partial charge >= 0.3 is 0 Å². The minimum atomic E-state index is -0.462. The second-order valence-corrected chi connectivity index (χ2v) is 6.55. The molecule has 1 amide bonds. The van der Waals surface area contributed by atoms with Gasteiger partial charge in [-0.3, -0.25) is 14.9 Å². The number of piperidine rings is 1. The van der Waals surface area contributed by atoms with Crippen LogP contribution in [0.1, 0.15) is 25.7 Å². The highest BCUT2D eigenvalue weighted by molar-refractivity contribution is 5.77. The summed E-state index contributed by atoms with van der Waals surface area (Å²) in [6, 6.07) is 6.29. The monoisotopic (exact) mass is 333 g/mol. The zero-order chi connectivity index (χ0) is 16.9. The second-order valence-electron chi connectivity index (χ2n) is 6.55. The van der Waals surface area contributed by atoms with E-state index in [1.807, 2.05) is 4.90 Å². The Hall–Kier alpha value is -2.15. The fourth-order valence-corrected chi connectivity index (χ4v) is 2.89. The van der Waals surface area contributed by atoms with E-state index in [4.69, 9.17) is 4.74 Å². The van der Waals surface area contributed by atoms with Crippen LogP contribution in [0.4, 0.5) is 5.69 Å². The summed E-state index contributed by atoms with van der Waals surface area (Å²) in [4.78, 5) is 24.2. The molecule has 7 heteroatoms. The van der Waals surface area contributed by atoms with Crippen molar-refractivity contribution in [2.75, 3.05) is 26.2 Å². The third kappa shape index (κ3) is 4.67. The van der Waals surface area contributed by atoms with Gasteiger partial charge in [-0.05, 0) is 50.3 Å². The Balaban J connectivity index is 1.38. The molecule has 1 N–H and O–H groups in total. The molecule has 1 aliphatic heterocycles. The van der Waals surface area contributed by atoms with Gasteiger partial charge in [0.05, 0.1) is 4.92 Å². The lowest BCUT2D eigenvalue weighted by Gasteiger charge is -2.32. The SMILES string of the molecule is O=C(COc1ccc([N+](=O)[O-])cc1)N1CCC(NCC2CC2)CC1. The fraction of sp³-hybridized carbons (Fsp3) is 0.588. The molecule has 130 valence electrons. The fourth-order valence-electron chi connectivity index (χ4n) is 2.89. The molecule has 1 aromatic rings. The van der Waals surface area contributed by atoms with Crippen molar-refractivity contribution in [2.24, 2.45) is 5.92 Å². The average molecular weight is 333 g/mol. The van der Waals surface area contributed by atoms with Crippen molar-refractivity contribution in [3.05, 3.63) is 34.4 Å². The van der Waals surface area contributed by atoms with Crippen molar-refractivity contribution < 1.29 is 14.5 Å². The summed E-state index contributed by atoms with van der Waals surface area (Å²) in [5, 5.41) is 14.2. The topological polar surface area (TPSA) is 84.7 Å². The molecule has 3 rings (SSSR count). The Labute approximate surface area is 141 Å². The van der Waals surface area contributed by atoms with Gasteiger partial charge in [0.15, 0.2) is 6.61 Å². The number of nitro groups is 1. The van der Waals surface area contributed by atoms with Gasteiger partial charge in [0, 0.05) is 31.3 Å². The van der Waals surface area contributed by atoms with Gasteiger partial charge in [-0.2, -0.15) is 0 Å². The summed E-state index contributed by atoms with van der Waals surface area (Å²) in [5.74, 6) is 1.31. The van der Waals surface area contributed by atoms with Gasteiger partial charge in [0.25, 0.3) is 11.6 Å². The van der Waals surface area contributed by atoms with Crippen molar-refractivity contribution >= 4 is 11.6 Å². The summed E-state index contributed by atoms with van der Waals surface area (Å²) >= 11 is 0. The number of carbonyl (C=O) groups excluding carboxylic acids is 1. The van der Waals surface area contributed by atoms with E-state index in [2.05, 4.69) is 5.32 Å². The average Bonchev–Trinajstić information content (AvgIpc) is 3.43. The summed E-state index contributed by atoms with van der Waals surface area (Å²) in [5.41, 5.74) is 0.00875. The molecule has 2 aliphatic rings. The van der Waals surface area contributed by atoms with Crippen LogP contribution in [0, 0.1) is 16.0 Å². The highest BCUT2D eigenvalue weighted by Crippen LogP contribution is 2.28. The number of benzene rings is 1. The van der Waals surface area contributed by atoms with Crippen molar-refractivity contribution in [3.8, 4) is 5.75 Å². The molecule has 1 heterocycles. The van der Waals surface area contributed by atoms with Crippen LogP contribution in [0.5, 0.6) is 5.75 Å². The molecule has 0 aromatic heterocycles. The van der Waals surface area contributed by atoms with Crippen LogP contribution < -0.4 is 10.1 Å². The largest absolute Gasteiger partial charge is 0.484 e.